The van der Waals surface area contributed by atoms with Gasteiger partial charge in [0.1, 0.15) is 11.9 Å². The van der Waals surface area contributed by atoms with Crippen molar-refractivity contribution in [1.29, 1.82) is 0 Å². The van der Waals surface area contributed by atoms with E-state index in [1.165, 1.54) is 0 Å². The van der Waals surface area contributed by atoms with Crippen molar-refractivity contribution in [2.24, 2.45) is 5.41 Å². The smallest absolute Gasteiger partial charge is 0.163 e. The van der Waals surface area contributed by atoms with Crippen LogP contribution in [0, 0.1) is 12.3 Å². The molecule has 1 N–H and O–H groups in total. The van der Waals surface area contributed by atoms with Gasteiger partial charge in [0.05, 0.1) is 5.69 Å². The highest BCUT2D eigenvalue weighted by Gasteiger charge is 2.41. The Bertz CT molecular complexity index is 861. The van der Waals surface area contributed by atoms with E-state index in [-0.39, 0.29) is 17.2 Å². The lowest BCUT2D eigenvalue weighted by Gasteiger charge is -2.38. The van der Waals surface area contributed by atoms with Crippen LogP contribution in [0.1, 0.15) is 44.0 Å². The lowest BCUT2D eigenvalue weighted by molar-refractivity contribution is -0.118. The molecular formula is C19H20ClN3O. The standard InChI is InChI=1S/C19H20ClN3O/c1-11-8-16-21-14-9-19(2,3)10-15(24)17(14)18(23(16)22-11)12-4-6-13(20)7-5-12/h4-8,18,21H,9-10H2,1-3H3. The number of halogens is 1. The Morgan fingerprint density at radius 2 is 1.96 bits per heavy atom. The first-order chi connectivity index (χ1) is 11.3. The van der Waals surface area contributed by atoms with E-state index in [1.807, 2.05) is 41.9 Å². The van der Waals surface area contributed by atoms with Crippen LogP contribution in [0.3, 0.4) is 0 Å². The van der Waals surface area contributed by atoms with Crippen molar-refractivity contribution in [2.45, 2.75) is 39.7 Å². The first-order valence-electron chi connectivity index (χ1n) is 8.19. The summed E-state index contributed by atoms with van der Waals surface area (Å²) in [4.78, 5) is 12.9. The molecule has 2 aliphatic rings. The largest absolute Gasteiger partial charge is 0.343 e. The molecule has 5 heteroatoms. The summed E-state index contributed by atoms with van der Waals surface area (Å²) in [6.07, 6.45) is 1.43. The van der Waals surface area contributed by atoms with Crippen molar-refractivity contribution in [2.75, 3.05) is 5.32 Å². The molecular weight excluding hydrogens is 322 g/mol. The lowest BCUT2D eigenvalue weighted by atomic mass is 9.73. The lowest BCUT2D eigenvalue weighted by Crippen LogP contribution is -2.36. The third kappa shape index (κ3) is 2.46. The van der Waals surface area contributed by atoms with E-state index in [0.29, 0.717) is 11.4 Å². The summed E-state index contributed by atoms with van der Waals surface area (Å²) in [7, 11) is 0. The molecule has 4 rings (SSSR count). The Morgan fingerprint density at radius 3 is 2.67 bits per heavy atom. The van der Waals surface area contributed by atoms with Gasteiger partial charge in [0.25, 0.3) is 0 Å². The van der Waals surface area contributed by atoms with Gasteiger partial charge in [0.15, 0.2) is 5.78 Å². The first kappa shape index (κ1) is 15.5. The van der Waals surface area contributed by atoms with E-state index in [2.05, 4.69) is 24.3 Å². The summed E-state index contributed by atoms with van der Waals surface area (Å²) in [5, 5.41) is 8.77. The fraction of sp³-hybridized carbons (Fsp3) is 0.368. The van der Waals surface area contributed by atoms with Crippen molar-refractivity contribution >= 4 is 23.2 Å². The highest BCUT2D eigenvalue weighted by molar-refractivity contribution is 6.30. The summed E-state index contributed by atoms with van der Waals surface area (Å²) in [6, 6.07) is 9.54. The van der Waals surface area contributed by atoms with E-state index in [0.717, 1.165) is 34.8 Å². The highest BCUT2D eigenvalue weighted by atomic mass is 35.5. The number of ketones is 1. The second kappa shape index (κ2) is 5.21. The molecule has 0 amide bonds. The van der Waals surface area contributed by atoms with Crippen molar-refractivity contribution < 1.29 is 4.79 Å². The minimum absolute atomic E-state index is 0.0231. The minimum Gasteiger partial charge on any atom is -0.343 e. The summed E-state index contributed by atoms with van der Waals surface area (Å²) < 4.78 is 1.92. The van der Waals surface area contributed by atoms with Gasteiger partial charge in [0, 0.05) is 28.8 Å². The molecule has 1 aromatic heterocycles. The number of aryl methyl sites for hydroxylation is 1. The number of hydrogen-bond donors (Lipinski definition) is 1. The SMILES string of the molecule is Cc1cc2n(n1)C(c1ccc(Cl)cc1)C1=C(CC(C)(C)CC1=O)N2. The predicted molar refractivity (Wildman–Crippen MR) is 95.2 cm³/mol. The van der Waals surface area contributed by atoms with Gasteiger partial charge in [-0.2, -0.15) is 5.10 Å². The Labute approximate surface area is 146 Å². The molecule has 1 unspecified atom stereocenters. The van der Waals surface area contributed by atoms with Crippen LogP contribution in [0.25, 0.3) is 0 Å². The number of carbonyl (C=O) groups is 1. The van der Waals surface area contributed by atoms with Crippen molar-refractivity contribution in [1.82, 2.24) is 9.78 Å². The second-order valence-corrected chi connectivity index (χ2v) is 7.96. The minimum atomic E-state index is -0.189. The number of rotatable bonds is 1. The molecule has 0 saturated heterocycles. The summed E-state index contributed by atoms with van der Waals surface area (Å²) >= 11 is 6.04. The quantitative estimate of drug-likeness (QED) is 0.830. The van der Waals surface area contributed by atoms with Gasteiger partial charge < -0.3 is 5.32 Å². The Hall–Kier alpha value is -2.07. The van der Waals surface area contributed by atoms with Crippen LogP contribution in [-0.2, 0) is 4.79 Å². The number of nitrogens with one attached hydrogen (secondary N) is 1. The van der Waals surface area contributed by atoms with Gasteiger partial charge in [-0.25, -0.2) is 4.68 Å². The molecule has 0 spiro atoms. The molecule has 4 nitrogen and oxygen atoms in total. The van der Waals surface area contributed by atoms with E-state index in [4.69, 9.17) is 11.6 Å². The van der Waals surface area contributed by atoms with Crippen LogP contribution in [0.15, 0.2) is 41.6 Å². The Morgan fingerprint density at radius 1 is 1.25 bits per heavy atom. The number of aromatic nitrogens is 2. The molecule has 1 aliphatic carbocycles. The predicted octanol–water partition coefficient (Wildman–Crippen LogP) is 4.50. The number of anilines is 1. The van der Waals surface area contributed by atoms with Gasteiger partial charge in [-0.1, -0.05) is 37.6 Å². The zero-order valence-electron chi connectivity index (χ0n) is 14.1. The Balaban J connectivity index is 1.91. The highest BCUT2D eigenvalue weighted by Crippen LogP contribution is 2.45. The number of allylic oxidation sites excluding steroid dienone is 2. The zero-order valence-corrected chi connectivity index (χ0v) is 14.8. The normalized spacial score (nSPS) is 22.0. The van der Waals surface area contributed by atoms with Crippen LogP contribution in [0.5, 0.6) is 0 Å². The van der Waals surface area contributed by atoms with Gasteiger partial charge in [0.2, 0.25) is 0 Å². The van der Waals surface area contributed by atoms with E-state index < -0.39 is 0 Å². The average molecular weight is 342 g/mol. The molecule has 1 aliphatic heterocycles. The van der Waals surface area contributed by atoms with Crippen LogP contribution in [0.4, 0.5) is 5.82 Å². The molecule has 124 valence electrons. The number of carbonyl (C=O) groups excluding carboxylic acids is 1. The van der Waals surface area contributed by atoms with Crippen molar-refractivity contribution in [3.05, 3.63) is 57.9 Å². The molecule has 1 aromatic carbocycles. The Kier molecular flexibility index (Phi) is 3.36. The van der Waals surface area contributed by atoms with Gasteiger partial charge in [-0.3, -0.25) is 4.79 Å². The number of fused-ring (bicyclic) bond motifs is 1. The average Bonchev–Trinajstić information content (AvgIpc) is 2.84. The fourth-order valence-corrected chi connectivity index (χ4v) is 3.93. The molecule has 0 radical (unpaired) electrons. The van der Waals surface area contributed by atoms with Gasteiger partial charge in [-0.15, -0.1) is 0 Å². The number of benzene rings is 1. The van der Waals surface area contributed by atoms with Crippen LogP contribution in [0.2, 0.25) is 5.02 Å². The second-order valence-electron chi connectivity index (χ2n) is 7.53. The van der Waals surface area contributed by atoms with Gasteiger partial charge in [-0.05, 0) is 36.5 Å². The maximum absolute atomic E-state index is 12.9. The molecule has 2 heterocycles. The van der Waals surface area contributed by atoms with Crippen molar-refractivity contribution in [3.8, 4) is 0 Å². The number of nitrogens with zero attached hydrogens (tertiary/aromatic N) is 2. The third-order valence-electron chi connectivity index (χ3n) is 4.76. The maximum atomic E-state index is 12.9. The third-order valence-corrected chi connectivity index (χ3v) is 5.01. The van der Waals surface area contributed by atoms with E-state index >= 15 is 0 Å². The molecule has 0 saturated carbocycles. The topological polar surface area (TPSA) is 46.9 Å². The van der Waals surface area contributed by atoms with Crippen LogP contribution < -0.4 is 5.32 Å². The molecule has 0 bridgehead atoms. The maximum Gasteiger partial charge on any atom is 0.163 e. The van der Waals surface area contributed by atoms with Crippen molar-refractivity contribution in [3.63, 3.8) is 0 Å². The van der Waals surface area contributed by atoms with Crippen LogP contribution >= 0.6 is 11.6 Å². The molecule has 1 atom stereocenters. The van der Waals surface area contributed by atoms with E-state index in [9.17, 15) is 4.79 Å². The summed E-state index contributed by atoms with van der Waals surface area (Å²) in [5.41, 5.74) is 3.81. The molecule has 2 aromatic rings. The number of hydrogen-bond acceptors (Lipinski definition) is 3. The van der Waals surface area contributed by atoms with E-state index in [1.54, 1.807) is 0 Å². The van der Waals surface area contributed by atoms with Crippen LogP contribution in [-0.4, -0.2) is 15.6 Å². The zero-order chi connectivity index (χ0) is 17.1. The monoisotopic (exact) mass is 341 g/mol. The number of Topliss-reactive ketones (excluding diaryl/α,β-unsaturated/α-hetero) is 1. The van der Waals surface area contributed by atoms with Gasteiger partial charge >= 0.3 is 0 Å². The first-order valence-corrected chi connectivity index (χ1v) is 8.57. The summed E-state index contributed by atoms with van der Waals surface area (Å²) in [6.45, 7) is 6.26. The summed E-state index contributed by atoms with van der Waals surface area (Å²) in [5.74, 6) is 1.14. The fourth-order valence-electron chi connectivity index (χ4n) is 3.80. The molecule has 24 heavy (non-hydrogen) atoms. The molecule has 0 fully saturated rings.